The maximum Gasteiger partial charge on any atom is 0.284 e. The summed E-state index contributed by atoms with van der Waals surface area (Å²) in [5, 5.41) is -0.0816. The first kappa shape index (κ1) is 12.8. The predicted octanol–water partition coefficient (Wildman–Crippen LogP) is 1.29. The van der Waals surface area contributed by atoms with E-state index in [0.29, 0.717) is 5.69 Å². The lowest BCUT2D eigenvalue weighted by Crippen LogP contribution is -2.27. The van der Waals surface area contributed by atoms with Crippen LogP contribution in [0.4, 0.5) is 5.69 Å². The summed E-state index contributed by atoms with van der Waals surface area (Å²) < 4.78 is 27.2. The average molecular weight is 287 g/mol. The summed E-state index contributed by atoms with van der Waals surface area (Å²) in [6.45, 7) is 0. The highest BCUT2D eigenvalue weighted by Gasteiger charge is 2.27. The summed E-state index contributed by atoms with van der Waals surface area (Å²) >= 11 is 5.91. The number of aryl methyl sites for hydroxylation is 1. The zero-order valence-electron chi connectivity index (χ0n) is 9.78. The van der Waals surface area contributed by atoms with Crippen molar-refractivity contribution in [2.45, 2.75) is 5.03 Å². The molecule has 0 atom stereocenters. The van der Waals surface area contributed by atoms with Crippen molar-refractivity contribution in [2.24, 2.45) is 7.05 Å². The molecule has 0 aliphatic heterocycles. The molecule has 0 saturated carbocycles. The van der Waals surface area contributed by atoms with Crippen molar-refractivity contribution in [2.75, 3.05) is 11.4 Å². The summed E-state index contributed by atoms with van der Waals surface area (Å²) in [4.78, 5) is 7.66. The van der Waals surface area contributed by atoms with Gasteiger partial charge in [-0.15, -0.1) is 0 Å². The van der Waals surface area contributed by atoms with Gasteiger partial charge in [-0.25, -0.2) is 4.98 Å². The normalized spacial score (nSPS) is 11.5. The molecule has 8 heteroatoms. The maximum atomic E-state index is 12.3. The Morgan fingerprint density at radius 3 is 2.44 bits per heavy atom. The molecule has 0 aliphatic carbocycles. The fourth-order valence-electron chi connectivity index (χ4n) is 1.39. The number of rotatable bonds is 3. The van der Waals surface area contributed by atoms with Crippen molar-refractivity contribution >= 4 is 27.3 Å². The highest BCUT2D eigenvalue weighted by molar-refractivity contribution is 7.92. The number of imidazole rings is 1. The molecule has 0 unspecified atom stereocenters. The van der Waals surface area contributed by atoms with Crippen LogP contribution in [-0.2, 0) is 17.1 Å². The van der Waals surface area contributed by atoms with Crippen molar-refractivity contribution in [3.05, 3.63) is 36.0 Å². The monoisotopic (exact) mass is 286 g/mol. The van der Waals surface area contributed by atoms with Crippen LogP contribution in [0.15, 0.2) is 35.9 Å². The van der Waals surface area contributed by atoms with Gasteiger partial charge >= 0.3 is 0 Å². The van der Waals surface area contributed by atoms with E-state index in [-0.39, 0.29) is 10.2 Å². The van der Waals surface area contributed by atoms with Crippen molar-refractivity contribution in [3.63, 3.8) is 0 Å². The van der Waals surface area contributed by atoms with Crippen LogP contribution in [0.1, 0.15) is 0 Å². The second kappa shape index (κ2) is 4.58. The van der Waals surface area contributed by atoms with Gasteiger partial charge in [-0.05, 0) is 12.1 Å². The lowest BCUT2D eigenvalue weighted by Gasteiger charge is -2.17. The van der Waals surface area contributed by atoms with Gasteiger partial charge in [-0.2, -0.15) is 8.42 Å². The molecule has 2 aromatic rings. The van der Waals surface area contributed by atoms with E-state index < -0.39 is 10.0 Å². The molecule has 0 bridgehead atoms. The molecule has 0 saturated heterocycles. The summed E-state index contributed by atoms with van der Waals surface area (Å²) in [6, 6.07) is 3.18. The van der Waals surface area contributed by atoms with Crippen LogP contribution in [0, 0.1) is 0 Å². The minimum Gasteiger partial charge on any atom is -0.324 e. The van der Waals surface area contributed by atoms with E-state index in [1.54, 1.807) is 19.2 Å². The second-order valence-corrected chi connectivity index (χ2v) is 5.87. The second-order valence-electron chi connectivity index (χ2n) is 3.63. The first-order valence-electron chi connectivity index (χ1n) is 5.00. The van der Waals surface area contributed by atoms with Gasteiger partial charge in [0, 0.05) is 26.5 Å². The van der Waals surface area contributed by atoms with E-state index in [1.807, 2.05) is 0 Å². The van der Waals surface area contributed by atoms with Crippen LogP contribution in [0.2, 0.25) is 5.15 Å². The molecule has 0 spiro atoms. The molecule has 0 N–H and O–H groups in total. The van der Waals surface area contributed by atoms with Crippen molar-refractivity contribution in [1.82, 2.24) is 14.5 Å². The van der Waals surface area contributed by atoms with Gasteiger partial charge in [0.15, 0.2) is 0 Å². The third-order valence-corrected chi connectivity index (χ3v) is 4.74. The smallest absolute Gasteiger partial charge is 0.284 e. The SMILES string of the molecule is CN(c1ccncc1)S(=O)(=O)c1ncn(C)c1Cl. The Morgan fingerprint density at radius 1 is 1.33 bits per heavy atom. The van der Waals surface area contributed by atoms with Crippen molar-refractivity contribution in [1.29, 1.82) is 0 Å². The Bertz CT molecular complexity index is 654. The van der Waals surface area contributed by atoms with Gasteiger partial charge < -0.3 is 4.57 Å². The fourth-order valence-corrected chi connectivity index (χ4v) is 2.97. The molecule has 2 aromatic heterocycles. The van der Waals surface area contributed by atoms with Gasteiger partial charge in [0.05, 0.1) is 12.0 Å². The van der Waals surface area contributed by atoms with E-state index in [1.165, 1.54) is 30.3 Å². The van der Waals surface area contributed by atoms with Crippen LogP contribution >= 0.6 is 11.6 Å². The van der Waals surface area contributed by atoms with Gasteiger partial charge in [0.1, 0.15) is 5.15 Å². The summed E-state index contributed by atoms with van der Waals surface area (Å²) in [6.07, 6.45) is 4.39. The quantitative estimate of drug-likeness (QED) is 0.853. The Hall–Kier alpha value is -1.60. The first-order valence-corrected chi connectivity index (χ1v) is 6.82. The average Bonchev–Trinajstić information content (AvgIpc) is 2.70. The number of nitrogens with zero attached hydrogens (tertiary/aromatic N) is 4. The molecular formula is C10H11ClN4O2S. The Balaban J connectivity index is 2.47. The molecule has 0 fully saturated rings. The zero-order chi connectivity index (χ0) is 13.3. The molecule has 0 amide bonds. The molecule has 0 radical (unpaired) electrons. The zero-order valence-corrected chi connectivity index (χ0v) is 11.4. The molecule has 0 aromatic carbocycles. The van der Waals surface area contributed by atoms with E-state index >= 15 is 0 Å². The lowest BCUT2D eigenvalue weighted by atomic mass is 10.4. The van der Waals surface area contributed by atoms with Crippen LogP contribution in [-0.4, -0.2) is 30.0 Å². The number of hydrogen-bond donors (Lipinski definition) is 0. The number of pyridine rings is 1. The number of halogens is 1. The van der Waals surface area contributed by atoms with Crippen LogP contribution in [0.5, 0.6) is 0 Å². The first-order chi connectivity index (χ1) is 8.44. The maximum absolute atomic E-state index is 12.3. The standard InChI is InChI=1S/C10H11ClN4O2S/c1-14-7-13-10(9(14)11)18(16,17)15(2)8-3-5-12-6-4-8/h3-7H,1-2H3. The molecule has 6 nitrogen and oxygen atoms in total. The van der Waals surface area contributed by atoms with E-state index in [9.17, 15) is 8.42 Å². The lowest BCUT2D eigenvalue weighted by molar-refractivity contribution is 0.591. The van der Waals surface area contributed by atoms with Crippen LogP contribution in [0.25, 0.3) is 0 Å². The summed E-state index contributed by atoms with van der Waals surface area (Å²) in [7, 11) is -0.694. The molecular weight excluding hydrogens is 276 g/mol. The van der Waals surface area contributed by atoms with Gasteiger partial charge in [-0.1, -0.05) is 11.6 Å². The number of hydrogen-bond acceptors (Lipinski definition) is 4. The third-order valence-electron chi connectivity index (χ3n) is 2.47. The van der Waals surface area contributed by atoms with Crippen molar-refractivity contribution in [3.8, 4) is 0 Å². The molecule has 0 aliphatic rings. The highest BCUT2D eigenvalue weighted by Crippen LogP contribution is 2.25. The van der Waals surface area contributed by atoms with Gasteiger partial charge in [-0.3, -0.25) is 9.29 Å². The third kappa shape index (κ3) is 2.06. The van der Waals surface area contributed by atoms with Crippen molar-refractivity contribution < 1.29 is 8.42 Å². The molecule has 2 heterocycles. The minimum absolute atomic E-state index is 0.0795. The topological polar surface area (TPSA) is 68.1 Å². The number of anilines is 1. The fraction of sp³-hybridized carbons (Fsp3) is 0.200. The number of sulfonamides is 1. The summed E-state index contributed by atoms with van der Waals surface area (Å²) in [5.41, 5.74) is 0.492. The minimum atomic E-state index is -3.76. The molecule has 2 rings (SSSR count). The van der Waals surface area contributed by atoms with Gasteiger partial charge in [0.25, 0.3) is 10.0 Å². The highest BCUT2D eigenvalue weighted by atomic mass is 35.5. The van der Waals surface area contributed by atoms with E-state index in [4.69, 9.17) is 11.6 Å². The van der Waals surface area contributed by atoms with Crippen LogP contribution in [0.3, 0.4) is 0 Å². The van der Waals surface area contributed by atoms with E-state index in [2.05, 4.69) is 9.97 Å². The Kier molecular flexibility index (Phi) is 3.27. The molecule has 96 valence electrons. The Morgan fingerprint density at radius 2 is 1.94 bits per heavy atom. The van der Waals surface area contributed by atoms with E-state index in [0.717, 1.165) is 4.31 Å². The largest absolute Gasteiger partial charge is 0.324 e. The van der Waals surface area contributed by atoms with Crippen LogP contribution < -0.4 is 4.31 Å². The summed E-state index contributed by atoms with van der Waals surface area (Å²) in [5.74, 6) is 0. The number of aromatic nitrogens is 3. The molecule has 18 heavy (non-hydrogen) atoms. The van der Waals surface area contributed by atoms with Gasteiger partial charge in [0.2, 0.25) is 5.03 Å². The predicted molar refractivity (Wildman–Crippen MR) is 68.0 cm³/mol. The Labute approximate surface area is 110 Å².